The van der Waals surface area contributed by atoms with Gasteiger partial charge in [-0.1, -0.05) is 30.3 Å². The minimum absolute atomic E-state index is 0.0848. The number of nitriles is 1. The Labute approximate surface area is 213 Å². The lowest BCUT2D eigenvalue weighted by atomic mass is 10.1. The molecule has 182 valence electrons. The molecular formula is C29H22N4O4. The molecule has 8 heteroatoms. The first kappa shape index (κ1) is 23.5. The van der Waals surface area contributed by atoms with Crippen molar-refractivity contribution >= 4 is 28.6 Å². The molecule has 2 heterocycles. The fourth-order valence-corrected chi connectivity index (χ4v) is 3.89. The zero-order chi connectivity index (χ0) is 25.8. The first-order valence-electron chi connectivity index (χ1n) is 11.4. The monoisotopic (exact) mass is 490 g/mol. The van der Waals surface area contributed by atoms with E-state index >= 15 is 0 Å². The van der Waals surface area contributed by atoms with E-state index in [9.17, 15) is 10.1 Å². The van der Waals surface area contributed by atoms with Gasteiger partial charge in [-0.2, -0.15) is 10.4 Å². The average Bonchev–Trinajstić information content (AvgIpc) is 3.56. The second kappa shape index (κ2) is 10.1. The van der Waals surface area contributed by atoms with Crippen LogP contribution in [0.5, 0.6) is 11.5 Å². The van der Waals surface area contributed by atoms with Crippen LogP contribution in [-0.2, 0) is 4.79 Å². The zero-order valence-electron chi connectivity index (χ0n) is 20.1. The molecule has 0 saturated carbocycles. The largest absolute Gasteiger partial charge is 0.497 e. The van der Waals surface area contributed by atoms with Gasteiger partial charge in [0.05, 0.1) is 19.9 Å². The Bertz CT molecular complexity index is 1640. The van der Waals surface area contributed by atoms with Crippen LogP contribution in [-0.4, -0.2) is 29.9 Å². The number of aromatic nitrogens is 2. The van der Waals surface area contributed by atoms with Gasteiger partial charge in [-0.25, -0.2) is 4.68 Å². The third-order valence-corrected chi connectivity index (χ3v) is 5.74. The fourth-order valence-electron chi connectivity index (χ4n) is 3.89. The number of benzene rings is 3. The molecule has 0 saturated heterocycles. The topological polar surface area (TPSA) is 102 Å². The number of para-hydroxylation sites is 2. The van der Waals surface area contributed by atoms with Crippen LogP contribution in [0.3, 0.4) is 0 Å². The maximum atomic E-state index is 13.0. The van der Waals surface area contributed by atoms with E-state index in [1.165, 1.54) is 6.08 Å². The van der Waals surface area contributed by atoms with Crippen LogP contribution in [0.15, 0.2) is 95.0 Å². The van der Waals surface area contributed by atoms with E-state index in [1.807, 2.05) is 60.7 Å². The van der Waals surface area contributed by atoms with E-state index in [4.69, 9.17) is 19.0 Å². The molecular weight excluding hydrogens is 468 g/mol. The molecule has 0 aliphatic carbocycles. The van der Waals surface area contributed by atoms with Crippen molar-refractivity contribution in [2.24, 2.45) is 0 Å². The van der Waals surface area contributed by atoms with Crippen molar-refractivity contribution < 1.29 is 18.7 Å². The lowest BCUT2D eigenvalue weighted by Crippen LogP contribution is -2.13. The Morgan fingerprint density at radius 1 is 1.03 bits per heavy atom. The van der Waals surface area contributed by atoms with Crippen molar-refractivity contribution in [3.05, 3.63) is 96.2 Å². The summed E-state index contributed by atoms with van der Waals surface area (Å²) in [4.78, 5) is 13.0. The number of carbonyl (C=O) groups excluding carboxylic acids is 1. The van der Waals surface area contributed by atoms with Gasteiger partial charge < -0.3 is 19.2 Å². The molecule has 0 atom stereocenters. The van der Waals surface area contributed by atoms with E-state index in [1.54, 1.807) is 49.4 Å². The van der Waals surface area contributed by atoms with Gasteiger partial charge in [-0.05, 0) is 54.6 Å². The molecule has 5 rings (SSSR count). The number of ether oxygens (including phenoxy) is 2. The summed E-state index contributed by atoms with van der Waals surface area (Å²) < 4.78 is 18.4. The number of furan rings is 1. The first-order valence-corrected chi connectivity index (χ1v) is 11.4. The minimum Gasteiger partial charge on any atom is -0.497 e. The number of hydrogen-bond donors (Lipinski definition) is 1. The lowest BCUT2D eigenvalue weighted by molar-refractivity contribution is -0.112. The summed E-state index contributed by atoms with van der Waals surface area (Å²) >= 11 is 0. The predicted octanol–water partition coefficient (Wildman–Crippen LogP) is 5.85. The van der Waals surface area contributed by atoms with Crippen molar-refractivity contribution in [3.8, 4) is 34.7 Å². The molecule has 0 aliphatic heterocycles. The highest BCUT2D eigenvalue weighted by atomic mass is 16.5. The van der Waals surface area contributed by atoms with Gasteiger partial charge in [0.25, 0.3) is 5.91 Å². The third-order valence-electron chi connectivity index (χ3n) is 5.74. The van der Waals surface area contributed by atoms with E-state index < -0.39 is 5.91 Å². The SMILES string of the molecule is COc1ccc(NC(=O)/C(C#N)=C\c2cn(-c3ccccc3)nc2-c2cc3cccc(OC)c3o2)cc1. The number of nitrogens with zero attached hydrogens (tertiary/aromatic N) is 3. The van der Waals surface area contributed by atoms with E-state index in [0.29, 0.717) is 39.8 Å². The van der Waals surface area contributed by atoms with Gasteiger partial charge in [-0.3, -0.25) is 4.79 Å². The van der Waals surface area contributed by atoms with Crippen LogP contribution in [0.2, 0.25) is 0 Å². The number of amides is 1. The van der Waals surface area contributed by atoms with Crippen molar-refractivity contribution in [2.45, 2.75) is 0 Å². The Kier molecular flexibility index (Phi) is 6.43. The normalized spacial score (nSPS) is 11.2. The molecule has 0 unspecified atom stereocenters. The second-order valence-corrected chi connectivity index (χ2v) is 8.05. The maximum absolute atomic E-state index is 13.0. The zero-order valence-corrected chi connectivity index (χ0v) is 20.1. The highest BCUT2D eigenvalue weighted by molar-refractivity contribution is 6.10. The average molecular weight is 491 g/mol. The van der Waals surface area contributed by atoms with Crippen LogP contribution in [0, 0.1) is 11.3 Å². The van der Waals surface area contributed by atoms with Gasteiger partial charge in [-0.15, -0.1) is 0 Å². The molecule has 0 bridgehead atoms. The molecule has 0 spiro atoms. The number of methoxy groups -OCH3 is 2. The second-order valence-electron chi connectivity index (χ2n) is 8.05. The minimum atomic E-state index is -0.544. The molecule has 0 radical (unpaired) electrons. The summed E-state index contributed by atoms with van der Waals surface area (Å²) in [7, 11) is 3.14. The fraction of sp³-hybridized carbons (Fsp3) is 0.0690. The Morgan fingerprint density at radius 2 is 1.81 bits per heavy atom. The van der Waals surface area contributed by atoms with Gasteiger partial charge >= 0.3 is 0 Å². The lowest BCUT2D eigenvalue weighted by Gasteiger charge is -2.05. The van der Waals surface area contributed by atoms with Gasteiger partial charge in [0.1, 0.15) is 23.1 Å². The molecule has 0 fully saturated rings. The summed E-state index contributed by atoms with van der Waals surface area (Å²) in [6, 6.07) is 25.9. The van der Waals surface area contributed by atoms with E-state index in [2.05, 4.69) is 5.32 Å². The van der Waals surface area contributed by atoms with Crippen LogP contribution < -0.4 is 14.8 Å². The standard InChI is InChI=1S/C29H22N4O4/c1-35-24-13-11-22(12-14-24)31-29(34)20(17-30)15-21-18-33(23-8-4-3-5-9-23)32-27(21)26-16-19-7-6-10-25(36-2)28(19)37-26/h3-16,18H,1-2H3,(H,31,34)/b20-15-. The molecule has 1 N–H and O–H groups in total. The number of nitrogens with one attached hydrogen (secondary N) is 1. The van der Waals surface area contributed by atoms with Crippen LogP contribution >= 0.6 is 0 Å². The summed E-state index contributed by atoms with van der Waals surface area (Å²) in [5.41, 5.74) is 2.88. The Morgan fingerprint density at radius 3 is 2.51 bits per heavy atom. The van der Waals surface area contributed by atoms with Crippen LogP contribution in [0.4, 0.5) is 5.69 Å². The number of anilines is 1. The van der Waals surface area contributed by atoms with Gasteiger partial charge in [0.2, 0.25) is 0 Å². The summed E-state index contributed by atoms with van der Waals surface area (Å²) in [5.74, 6) is 1.19. The molecule has 37 heavy (non-hydrogen) atoms. The molecule has 1 amide bonds. The molecule has 2 aromatic heterocycles. The predicted molar refractivity (Wildman–Crippen MR) is 141 cm³/mol. The third kappa shape index (κ3) is 4.79. The maximum Gasteiger partial charge on any atom is 0.266 e. The number of hydrogen-bond acceptors (Lipinski definition) is 6. The number of fused-ring (bicyclic) bond motifs is 1. The number of carbonyl (C=O) groups is 1. The van der Waals surface area contributed by atoms with Gasteiger partial charge in [0, 0.05) is 22.8 Å². The smallest absolute Gasteiger partial charge is 0.266 e. The highest BCUT2D eigenvalue weighted by Gasteiger charge is 2.19. The van der Waals surface area contributed by atoms with Crippen LogP contribution in [0.1, 0.15) is 5.56 Å². The quantitative estimate of drug-likeness (QED) is 0.227. The Hall–Kier alpha value is -5.29. The highest BCUT2D eigenvalue weighted by Crippen LogP contribution is 2.35. The van der Waals surface area contributed by atoms with E-state index in [0.717, 1.165) is 11.1 Å². The van der Waals surface area contributed by atoms with Crippen molar-refractivity contribution in [1.82, 2.24) is 9.78 Å². The van der Waals surface area contributed by atoms with Gasteiger partial charge in [0.15, 0.2) is 17.1 Å². The van der Waals surface area contributed by atoms with E-state index in [-0.39, 0.29) is 5.57 Å². The molecule has 8 nitrogen and oxygen atoms in total. The number of rotatable bonds is 7. The summed E-state index contributed by atoms with van der Waals surface area (Å²) in [5, 5.41) is 18.1. The van der Waals surface area contributed by atoms with Crippen LogP contribution in [0.25, 0.3) is 34.2 Å². The summed E-state index contributed by atoms with van der Waals surface area (Å²) in [6.45, 7) is 0. The molecule has 3 aromatic carbocycles. The molecule has 5 aromatic rings. The van der Waals surface area contributed by atoms with Crippen molar-refractivity contribution in [2.75, 3.05) is 19.5 Å². The first-order chi connectivity index (χ1) is 18.1. The van der Waals surface area contributed by atoms with Crippen molar-refractivity contribution in [3.63, 3.8) is 0 Å². The summed E-state index contributed by atoms with van der Waals surface area (Å²) in [6.07, 6.45) is 3.26. The Balaban J connectivity index is 1.57. The molecule has 0 aliphatic rings. The van der Waals surface area contributed by atoms with Crippen molar-refractivity contribution in [1.29, 1.82) is 5.26 Å².